The average Bonchev–Trinajstić information content (AvgIpc) is 2.21. The maximum absolute atomic E-state index is 9.31. The Hall–Kier alpha value is -0.160. The topological polar surface area (TPSA) is 58.7 Å². The quantitative estimate of drug-likeness (QED) is 0.697. The molecule has 0 bridgehead atoms. The molecule has 0 aromatic heterocycles. The number of hydrogen-bond acceptors (Lipinski definition) is 4. The van der Waals surface area contributed by atoms with Crippen LogP contribution in [0.3, 0.4) is 0 Å². The third kappa shape index (κ3) is 3.14. The molecule has 0 saturated carbocycles. The van der Waals surface area contributed by atoms with Crippen LogP contribution in [0.2, 0.25) is 0 Å². The second-order valence-corrected chi connectivity index (χ2v) is 4.64. The smallest absolute Gasteiger partial charge is 0.0724 e. The van der Waals surface area contributed by atoms with Crippen LogP contribution in [0.15, 0.2) is 0 Å². The lowest BCUT2D eigenvalue weighted by Gasteiger charge is -2.41. The van der Waals surface area contributed by atoms with Gasteiger partial charge in [-0.2, -0.15) is 0 Å². The van der Waals surface area contributed by atoms with Gasteiger partial charge in [0.05, 0.1) is 12.7 Å². The van der Waals surface area contributed by atoms with Crippen LogP contribution in [0.1, 0.15) is 20.3 Å². The highest BCUT2D eigenvalue weighted by Crippen LogP contribution is 2.21. The average molecular weight is 216 g/mol. The van der Waals surface area contributed by atoms with Gasteiger partial charge in [0.25, 0.3) is 0 Å². The van der Waals surface area contributed by atoms with Crippen molar-refractivity contribution in [2.24, 2.45) is 11.7 Å². The second-order valence-electron chi connectivity index (χ2n) is 4.64. The molecule has 1 heterocycles. The van der Waals surface area contributed by atoms with E-state index in [0.717, 1.165) is 19.5 Å². The molecule has 0 aromatic rings. The SMILES string of the molecule is COC1CN(C(CO)C(C)N)CCC1C. The Morgan fingerprint density at radius 1 is 1.60 bits per heavy atom. The summed E-state index contributed by atoms with van der Waals surface area (Å²) < 4.78 is 5.44. The van der Waals surface area contributed by atoms with Crippen molar-refractivity contribution >= 4 is 0 Å². The van der Waals surface area contributed by atoms with Crippen LogP contribution in [0.5, 0.6) is 0 Å². The van der Waals surface area contributed by atoms with Gasteiger partial charge in [0.1, 0.15) is 0 Å². The Morgan fingerprint density at radius 3 is 2.73 bits per heavy atom. The summed E-state index contributed by atoms with van der Waals surface area (Å²) in [5.74, 6) is 0.596. The first-order valence-corrected chi connectivity index (χ1v) is 5.73. The number of nitrogens with zero attached hydrogens (tertiary/aromatic N) is 1. The van der Waals surface area contributed by atoms with Gasteiger partial charge in [0.15, 0.2) is 0 Å². The first-order valence-electron chi connectivity index (χ1n) is 5.73. The molecule has 90 valence electrons. The number of likely N-dealkylation sites (tertiary alicyclic amines) is 1. The third-order valence-electron chi connectivity index (χ3n) is 3.49. The third-order valence-corrected chi connectivity index (χ3v) is 3.49. The van der Waals surface area contributed by atoms with Gasteiger partial charge in [-0.05, 0) is 25.8 Å². The summed E-state index contributed by atoms with van der Waals surface area (Å²) in [4.78, 5) is 2.25. The predicted molar refractivity (Wildman–Crippen MR) is 60.7 cm³/mol. The molecule has 4 nitrogen and oxygen atoms in total. The lowest BCUT2D eigenvalue weighted by atomic mass is 9.94. The van der Waals surface area contributed by atoms with E-state index in [0.29, 0.717) is 5.92 Å². The minimum atomic E-state index is 0.000845. The van der Waals surface area contributed by atoms with Crippen LogP contribution < -0.4 is 5.73 Å². The fourth-order valence-electron chi connectivity index (χ4n) is 2.28. The zero-order valence-corrected chi connectivity index (χ0v) is 10.0. The van der Waals surface area contributed by atoms with Gasteiger partial charge in [0, 0.05) is 25.7 Å². The van der Waals surface area contributed by atoms with E-state index in [9.17, 15) is 5.11 Å². The van der Waals surface area contributed by atoms with Crippen LogP contribution >= 0.6 is 0 Å². The van der Waals surface area contributed by atoms with Crippen molar-refractivity contribution < 1.29 is 9.84 Å². The first kappa shape index (κ1) is 12.9. The summed E-state index contributed by atoms with van der Waals surface area (Å²) in [6, 6.07) is 0.0658. The normalized spacial score (nSPS) is 32.6. The molecule has 0 radical (unpaired) electrons. The van der Waals surface area contributed by atoms with Crippen molar-refractivity contribution in [1.29, 1.82) is 0 Å². The fourth-order valence-corrected chi connectivity index (χ4v) is 2.28. The summed E-state index contributed by atoms with van der Waals surface area (Å²) >= 11 is 0. The van der Waals surface area contributed by atoms with E-state index in [1.54, 1.807) is 7.11 Å². The molecule has 1 saturated heterocycles. The van der Waals surface area contributed by atoms with E-state index >= 15 is 0 Å². The molecule has 0 aliphatic carbocycles. The summed E-state index contributed by atoms with van der Waals surface area (Å²) in [6.45, 7) is 6.17. The largest absolute Gasteiger partial charge is 0.395 e. The molecular weight excluding hydrogens is 192 g/mol. The molecule has 0 spiro atoms. The number of ether oxygens (including phenoxy) is 1. The minimum Gasteiger partial charge on any atom is -0.395 e. The monoisotopic (exact) mass is 216 g/mol. The Kier molecular flexibility index (Phi) is 4.99. The minimum absolute atomic E-state index is 0.000845. The molecule has 4 unspecified atom stereocenters. The molecule has 1 aliphatic heterocycles. The number of piperidine rings is 1. The summed E-state index contributed by atoms with van der Waals surface area (Å²) in [5, 5.41) is 9.31. The summed E-state index contributed by atoms with van der Waals surface area (Å²) in [5.41, 5.74) is 5.86. The van der Waals surface area contributed by atoms with Gasteiger partial charge in [-0.3, -0.25) is 4.90 Å². The van der Waals surface area contributed by atoms with Gasteiger partial charge in [-0.25, -0.2) is 0 Å². The highest BCUT2D eigenvalue weighted by molar-refractivity contribution is 4.86. The Morgan fingerprint density at radius 2 is 2.27 bits per heavy atom. The molecule has 15 heavy (non-hydrogen) atoms. The number of aliphatic hydroxyl groups excluding tert-OH is 1. The fraction of sp³-hybridized carbons (Fsp3) is 1.00. The van der Waals surface area contributed by atoms with Crippen molar-refractivity contribution in [2.75, 3.05) is 26.8 Å². The van der Waals surface area contributed by atoms with Crippen LogP contribution in [-0.4, -0.2) is 55.0 Å². The zero-order valence-electron chi connectivity index (χ0n) is 10.0. The molecule has 1 rings (SSSR count). The van der Waals surface area contributed by atoms with Crippen molar-refractivity contribution in [3.8, 4) is 0 Å². The van der Waals surface area contributed by atoms with Crippen LogP contribution in [0, 0.1) is 5.92 Å². The van der Waals surface area contributed by atoms with Gasteiger partial charge >= 0.3 is 0 Å². The van der Waals surface area contributed by atoms with E-state index in [1.807, 2.05) is 6.92 Å². The van der Waals surface area contributed by atoms with Gasteiger partial charge in [-0.15, -0.1) is 0 Å². The summed E-state index contributed by atoms with van der Waals surface area (Å²) in [7, 11) is 1.75. The van der Waals surface area contributed by atoms with E-state index in [4.69, 9.17) is 10.5 Å². The maximum Gasteiger partial charge on any atom is 0.0724 e. The van der Waals surface area contributed by atoms with Crippen molar-refractivity contribution in [3.63, 3.8) is 0 Å². The van der Waals surface area contributed by atoms with Crippen molar-refractivity contribution in [3.05, 3.63) is 0 Å². The standard InChI is InChI=1S/C11H24N2O2/c1-8-4-5-13(6-11(8)15-3)10(7-14)9(2)12/h8-11,14H,4-7,12H2,1-3H3. The molecular formula is C11H24N2O2. The Labute approximate surface area is 92.4 Å². The van der Waals surface area contributed by atoms with Crippen molar-refractivity contribution in [1.82, 2.24) is 4.90 Å². The number of hydrogen-bond donors (Lipinski definition) is 2. The van der Waals surface area contributed by atoms with E-state index in [-0.39, 0.29) is 24.8 Å². The summed E-state index contributed by atoms with van der Waals surface area (Å²) in [6.07, 6.45) is 1.38. The number of aliphatic hydroxyl groups is 1. The number of rotatable bonds is 4. The van der Waals surface area contributed by atoms with E-state index < -0.39 is 0 Å². The molecule has 0 amide bonds. The molecule has 4 heteroatoms. The van der Waals surface area contributed by atoms with Crippen LogP contribution in [0.4, 0.5) is 0 Å². The van der Waals surface area contributed by atoms with Crippen LogP contribution in [-0.2, 0) is 4.74 Å². The van der Waals surface area contributed by atoms with Crippen molar-refractivity contribution in [2.45, 2.75) is 38.5 Å². The highest BCUT2D eigenvalue weighted by Gasteiger charge is 2.31. The molecule has 0 aromatic carbocycles. The van der Waals surface area contributed by atoms with E-state index in [2.05, 4.69) is 11.8 Å². The lowest BCUT2D eigenvalue weighted by molar-refractivity contribution is -0.0304. The van der Waals surface area contributed by atoms with Gasteiger partial charge in [0.2, 0.25) is 0 Å². The van der Waals surface area contributed by atoms with E-state index in [1.165, 1.54) is 0 Å². The maximum atomic E-state index is 9.31. The van der Waals surface area contributed by atoms with Gasteiger partial charge < -0.3 is 15.6 Å². The lowest BCUT2D eigenvalue weighted by Crippen LogP contribution is -2.55. The molecule has 3 N–H and O–H groups in total. The molecule has 1 fully saturated rings. The number of nitrogens with two attached hydrogens (primary N) is 1. The first-order chi connectivity index (χ1) is 7.10. The predicted octanol–water partition coefficient (Wildman–Crippen LogP) is 0.0513. The molecule has 4 atom stereocenters. The highest BCUT2D eigenvalue weighted by atomic mass is 16.5. The van der Waals surface area contributed by atoms with Crippen LogP contribution in [0.25, 0.3) is 0 Å². The zero-order chi connectivity index (χ0) is 11.4. The second kappa shape index (κ2) is 5.80. The Bertz CT molecular complexity index is 187. The molecule has 1 aliphatic rings. The van der Waals surface area contributed by atoms with Gasteiger partial charge in [-0.1, -0.05) is 6.92 Å². The Balaban J connectivity index is 2.56. The number of methoxy groups -OCH3 is 1.